The number of Topliss-reactive ketones (excluding diaryl/α,β-unsaturated/α-hetero) is 1. The molecule has 1 aliphatic heterocycles. The van der Waals surface area contributed by atoms with E-state index in [1.54, 1.807) is 11.1 Å². The van der Waals surface area contributed by atoms with E-state index in [-0.39, 0.29) is 30.1 Å². The number of carbonyl (C=O) groups excluding carboxylic acids is 2. The number of nitrogens with zero attached hydrogens (tertiary/aromatic N) is 3. The lowest BCUT2D eigenvalue weighted by atomic mass is 9.94. The molecule has 26 heavy (non-hydrogen) atoms. The highest BCUT2D eigenvalue weighted by molar-refractivity contribution is 6.03. The summed E-state index contributed by atoms with van der Waals surface area (Å²) in [6.07, 6.45) is 5.66. The van der Waals surface area contributed by atoms with Crippen molar-refractivity contribution in [1.82, 2.24) is 19.8 Å². The third-order valence-corrected chi connectivity index (χ3v) is 5.16. The van der Waals surface area contributed by atoms with Crippen LogP contribution in [-0.4, -0.2) is 45.8 Å². The number of furan rings is 1. The van der Waals surface area contributed by atoms with Crippen molar-refractivity contribution in [2.75, 3.05) is 19.6 Å². The molecule has 0 spiro atoms. The summed E-state index contributed by atoms with van der Waals surface area (Å²) < 4.78 is 7.79. The molecule has 140 valence electrons. The monoisotopic (exact) mass is 378 g/mol. The van der Waals surface area contributed by atoms with Crippen LogP contribution in [-0.2, 0) is 13.5 Å². The van der Waals surface area contributed by atoms with Crippen molar-refractivity contribution < 1.29 is 14.0 Å². The van der Waals surface area contributed by atoms with Gasteiger partial charge in [-0.05, 0) is 13.3 Å². The molecule has 1 amide bonds. The summed E-state index contributed by atoms with van der Waals surface area (Å²) in [5.41, 5.74) is 1.31. The maximum Gasteiger partial charge on any atom is 0.290 e. The molecule has 0 saturated carbocycles. The molecule has 2 aromatic heterocycles. The first-order chi connectivity index (χ1) is 12.1. The Morgan fingerprint density at radius 2 is 2.19 bits per heavy atom. The van der Waals surface area contributed by atoms with Crippen LogP contribution in [0.5, 0.6) is 0 Å². The van der Waals surface area contributed by atoms with Gasteiger partial charge >= 0.3 is 0 Å². The molecule has 2 aromatic rings. The van der Waals surface area contributed by atoms with E-state index in [4.69, 9.17) is 4.42 Å². The Labute approximate surface area is 158 Å². The van der Waals surface area contributed by atoms with Crippen LogP contribution in [0.15, 0.2) is 16.8 Å². The first-order valence-corrected chi connectivity index (χ1v) is 8.72. The summed E-state index contributed by atoms with van der Waals surface area (Å²) >= 11 is 0. The molecular weight excluding hydrogens is 356 g/mol. The molecule has 0 bridgehead atoms. The van der Waals surface area contributed by atoms with E-state index in [1.165, 1.54) is 0 Å². The molecule has 1 atom stereocenters. The first-order valence-electron chi connectivity index (χ1n) is 8.72. The number of piperazine rings is 1. The normalized spacial score (nSPS) is 19.8. The summed E-state index contributed by atoms with van der Waals surface area (Å²) in [7, 11) is 1.93. The molecule has 4 rings (SSSR count). The molecule has 8 heteroatoms. The highest BCUT2D eigenvalue weighted by Gasteiger charge is 2.36. The molecule has 1 unspecified atom stereocenters. The Kier molecular flexibility index (Phi) is 5.20. The van der Waals surface area contributed by atoms with E-state index in [0.29, 0.717) is 42.2 Å². The predicted molar refractivity (Wildman–Crippen MR) is 97.8 cm³/mol. The van der Waals surface area contributed by atoms with Crippen molar-refractivity contribution in [3.05, 3.63) is 40.9 Å². The van der Waals surface area contributed by atoms with Gasteiger partial charge in [-0.15, -0.1) is 12.4 Å². The number of fused-ring (bicyclic) bond motifs is 1. The highest BCUT2D eigenvalue weighted by atomic mass is 35.5. The Bertz CT molecular complexity index is 842. The van der Waals surface area contributed by atoms with Crippen LogP contribution < -0.4 is 5.32 Å². The van der Waals surface area contributed by atoms with Gasteiger partial charge in [-0.3, -0.25) is 9.59 Å². The van der Waals surface area contributed by atoms with Crippen molar-refractivity contribution in [1.29, 1.82) is 0 Å². The molecule has 2 aliphatic rings. The molecule has 7 nitrogen and oxygen atoms in total. The lowest BCUT2D eigenvalue weighted by molar-refractivity contribution is 0.0585. The maximum atomic E-state index is 13.2. The summed E-state index contributed by atoms with van der Waals surface area (Å²) in [6.45, 7) is 3.77. The number of nitrogens with one attached hydrogen (secondary N) is 1. The number of ketones is 1. The molecule has 3 heterocycles. The van der Waals surface area contributed by atoms with Crippen LogP contribution in [0.2, 0.25) is 0 Å². The van der Waals surface area contributed by atoms with Crippen molar-refractivity contribution in [3.63, 3.8) is 0 Å². The molecule has 1 fully saturated rings. The van der Waals surface area contributed by atoms with E-state index >= 15 is 0 Å². The van der Waals surface area contributed by atoms with Gasteiger partial charge in [0, 0.05) is 57.5 Å². The quantitative estimate of drug-likeness (QED) is 0.865. The number of aryl methyl sites for hydroxylation is 2. The van der Waals surface area contributed by atoms with Crippen LogP contribution in [0.25, 0.3) is 0 Å². The summed E-state index contributed by atoms with van der Waals surface area (Å²) in [4.78, 5) is 31.6. The molecule has 1 saturated heterocycles. The largest absolute Gasteiger partial charge is 0.455 e. The number of rotatable bonds is 2. The van der Waals surface area contributed by atoms with Gasteiger partial charge in [0.1, 0.15) is 17.6 Å². The van der Waals surface area contributed by atoms with Crippen LogP contribution in [0.4, 0.5) is 0 Å². The topological polar surface area (TPSA) is 80.4 Å². The van der Waals surface area contributed by atoms with Crippen LogP contribution in [0, 0.1) is 6.92 Å². The molecule has 1 aliphatic carbocycles. The van der Waals surface area contributed by atoms with Gasteiger partial charge < -0.3 is 19.2 Å². The fourth-order valence-electron chi connectivity index (χ4n) is 3.86. The number of aromatic nitrogens is 2. The first kappa shape index (κ1) is 18.7. The molecule has 0 radical (unpaired) electrons. The second-order valence-electron chi connectivity index (χ2n) is 6.75. The lowest BCUT2D eigenvalue weighted by Gasteiger charge is -2.35. The number of halogens is 1. The van der Waals surface area contributed by atoms with Crippen molar-refractivity contribution in [3.8, 4) is 0 Å². The van der Waals surface area contributed by atoms with Gasteiger partial charge in [0.25, 0.3) is 5.91 Å². The number of hydrogen-bond acceptors (Lipinski definition) is 5. The van der Waals surface area contributed by atoms with Crippen molar-refractivity contribution in [2.24, 2.45) is 7.05 Å². The Balaban J connectivity index is 0.00000196. The lowest BCUT2D eigenvalue weighted by Crippen LogP contribution is -2.49. The number of hydrogen-bond donors (Lipinski definition) is 1. The van der Waals surface area contributed by atoms with Crippen molar-refractivity contribution in [2.45, 2.75) is 32.2 Å². The van der Waals surface area contributed by atoms with E-state index in [2.05, 4.69) is 10.3 Å². The number of carbonyl (C=O) groups is 2. The second-order valence-corrected chi connectivity index (χ2v) is 6.75. The van der Waals surface area contributed by atoms with E-state index in [9.17, 15) is 9.59 Å². The zero-order chi connectivity index (χ0) is 17.6. The van der Waals surface area contributed by atoms with Crippen molar-refractivity contribution >= 4 is 24.1 Å². The van der Waals surface area contributed by atoms with Gasteiger partial charge in [0.15, 0.2) is 11.5 Å². The van der Waals surface area contributed by atoms with Gasteiger partial charge in [-0.1, -0.05) is 0 Å². The minimum absolute atomic E-state index is 0. The fraction of sp³-hybridized carbons (Fsp3) is 0.500. The number of imidazole rings is 1. The van der Waals surface area contributed by atoms with Gasteiger partial charge in [-0.2, -0.15) is 0 Å². The van der Waals surface area contributed by atoms with Crippen LogP contribution >= 0.6 is 12.4 Å². The Morgan fingerprint density at radius 1 is 1.38 bits per heavy atom. The molecule has 0 aromatic carbocycles. The van der Waals surface area contributed by atoms with E-state index in [1.807, 2.05) is 24.7 Å². The third-order valence-electron chi connectivity index (χ3n) is 5.16. The second kappa shape index (κ2) is 7.25. The summed E-state index contributed by atoms with van der Waals surface area (Å²) in [5, 5.41) is 3.33. The summed E-state index contributed by atoms with van der Waals surface area (Å²) in [6, 6.07) is -0.154. The predicted octanol–water partition coefficient (Wildman–Crippen LogP) is 2.05. The van der Waals surface area contributed by atoms with Gasteiger partial charge in [0.05, 0.1) is 5.56 Å². The molecule has 1 N–H and O–H groups in total. The third kappa shape index (κ3) is 2.95. The standard InChI is InChI=1S/C18H22N4O3.ClH/c1-11-15-13(23)4-3-5-14(15)25-16(11)18(24)22-9-6-19-10-12(22)17-20-7-8-21(17)2;/h7-8,12,19H,3-6,9-10H2,1-2H3;1H. The smallest absolute Gasteiger partial charge is 0.290 e. The van der Waals surface area contributed by atoms with Crippen LogP contribution in [0.1, 0.15) is 56.9 Å². The zero-order valence-electron chi connectivity index (χ0n) is 14.9. The minimum Gasteiger partial charge on any atom is -0.455 e. The Morgan fingerprint density at radius 3 is 2.88 bits per heavy atom. The Hall–Kier alpha value is -2.12. The maximum absolute atomic E-state index is 13.2. The fourth-order valence-corrected chi connectivity index (χ4v) is 3.86. The SMILES string of the molecule is Cc1c(C(=O)N2CCNCC2c2nccn2C)oc2c1C(=O)CCC2.Cl. The van der Waals surface area contributed by atoms with Gasteiger partial charge in [-0.25, -0.2) is 4.98 Å². The summed E-state index contributed by atoms with van der Waals surface area (Å²) in [5.74, 6) is 1.74. The minimum atomic E-state index is -0.158. The van der Waals surface area contributed by atoms with Gasteiger partial charge in [0.2, 0.25) is 0 Å². The van der Waals surface area contributed by atoms with Crippen LogP contribution in [0.3, 0.4) is 0 Å². The average molecular weight is 379 g/mol. The molecular formula is C18H23ClN4O3. The van der Waals surface area contributed by atoms with E-state index < -0.39 is 0 Å². The number of amides is 1. The zero-order valence-corrected chi connectivity index (χ0v) is 15.8. The van der Waals surface area contributed by atoms with E-state index in [0.717, 1.165) is 25.2 Å². The highest BCUT2D eigenvalue weighted by Crippen LogP contribution is 2.32. The average Bonchev–Trinajstić information content (AvgIpc) is 3.18.